The summed E-state index contributed by atoms with van der Waals surface area (Å²) in [6.45, 7) is 0. The van der Waals surface area contributed by atoms with Gasteiger partial charge in [-0.2, -0.15) is 0 Å². The van der Waals surface area contributed by atoms with Gasteiger partial charge in [-0.3, -0.25) is 4.79 Å². The van der Waals surface area contributed by atoms with E-state index in [9.17, 15) is 4.79 Å². The average molecular weight is 224 g/mol. The third-order valence-electron chi connectivity index (χ3n) is 1.84. The summed E-state index contributed by atoms with van der Waals surface area (Å²) in [6, 6.07) is 5.18. The Bertz CT molecular complexity index is 453. The van der Waals surface area contributed by atoms with E-state index in [1.54, 1.807) is 23.7 Å². The van der Waals surface area contributed by atoms with Gasteiger partial charge in [-0.05, 0) is 6.07 Å². The van der Waals surface area contributed by atoms with Crippen molar-refractivity contribution in [3.05, 3.63) is 39.7 Å². The number of hydrogen-bond donors (Lipinski definition) is 0. The fraction of sp³-hybridized carbons (Fsp3) is 0. The number of benzene rings is 1. The smallest absolute Gasteiger partial charge is 0.150 e. The molecule has 0 aliphatic rings. The van der Waals surface area contributed by atoms with Crippen molar-refractivity contribution in [2.24, 2.45) is 0 Å². The minimum absolute atomic E-state index is 0.556. The molecule has 0 atom stereocenters. The maximum Gasteiger partial charge on any atom is 0.150 e. The monoisotopic (exact) mass is 223 g/mol. The first-order chi connectivity index (χ1) is 6.81. The van der Waals surface area contributed by atoms with Crippen molar-refractivity contribution in [3.63, 3.8) is 0 Å². The van der Waals surface area contributed by atoms with Crippen LogP contribution in [0.3, 0.4) is 0 Å². The molecule has 0 saturated carbocycles. The van der Waals surface area contributed by atoms with E-state index < -0.39 is 0 Å². The predicted molar refractivity (Wildman–Crippen MR) is 57.9 cm³/mol. The molecule has 0 radical (unpaired) electrons. The Labute approximate surface area is 90.2 Å². The molecule has 0 saturated heterocycles. The zero-order chi connectivity index (χ0) is 9.97. The highest BCUT2D eigenvalue weighted by Gasteiger charge is 2.05. The first-order valence-electron chi connectivity index (χ1n) is 3.94. The molecule has 1 aromatic carbocycles. The molecular weight excluding hydrogens is 218 g/mol. The van der Waals surface area contributed by atoms with Gasteiger partial charge in [0.25, 0.3) is 0 Å². The lowest BCUT2D eigenvalue weighted by molar-refractivity contribution is 0.112. The molecule has 0 aliphatic carbocycles. The van der Waals surface area contributed by atoms with Crippen LogP contribution in [0.25, 0.3) is 11.3 Å². The van der Waals surface area contributed by atoms with E-state index in [-0.39, 0.29) is 0 Å². The second-order valence-electron chi connectivity index (χ2n) is 2.73. The summed E-state index contributed by atoms with van der Waals surface area (Å²) < 4.78 is 0. The number of rotatable bonds is 2. The molecule has 1 heterocycles. The van der Waals surface area contributed by atoms with Crippen molar-refractivity contribution >= 4 is 29.2 Å². The van der Waals surface area contributed by atoms with Gasteiger partial charge in [0.1, 0.15) is 6.29 Å². The molecule has 2 rings (SSSR count). The second kappa shape index (κ2) is 3.90. The summed E-state index contributed by atoms with van der Waals surface area (Å²) in [5.74, 6) is 0. The van der Waals surface area contributed by atoms with E-state index in [1.165, 1.54) is 11.3 Å². The Morgan fingerprint density at radius 2 is 2.29 bits per heavy atom. The standard InChI is InChI=1S/C10H6ClNOS/c11-9-3-7(4-13)1-2-8(9)10-5-14-6-12-10/h1-6H. The maximum absolute atomic E-state index is 10.5. The predicted octanol–water partition coefficient (Wildman–Crippen LogP) is 3.28. The van der Waals surface area contributed by atoms with Gasteiger partial charge in [-0.25, -0.2) is 4.98 Å². The van der Waals surface area contributed by atoms with Crippen LogP contribution in [-0.4, -0.2) is 11.3 Å². The normalized spacial score (nSPS) is 10.1. The van der Waals surface area contributed by atoms with Crippen LogP contribution in [0.4, 0.5) is 0 Å². The van der Waals surface area contributed by atoms with E-state index in [4.69, 9.17) is 11.6 Å². The minimum Gasteiger partial charge on any atom is -0.298 e. The summed E-state index contributed by atoms with van der Waals surface area (Å²) in [6.07, 6.45) is 0.775. The van der Waals surface area contributed by atoms with Gasteiger partial charge in [-0.1, -0.05) is 23.7 Å². The molecule has 14 heavy (non-hydrogen) atoms. The van der Waals surface area contributed by atoms with E-state index >= 15 is 0 Å². The van der Waals surface area contributed by atoms with Crippen molar-refractivity contribution in [2.45, 2.75) is 0 Å². The van der Waals surface area contributed by atoms with Crippen molar-refractivity contribution < 1.29 is 4.79 Å². The fourth-order valence-corrected chi connectivity index (χ4v) is 2.00. The molecule has 2 nitrogen and oxygen atoms in total. The Balaban J connectivity index is 2.51. The number of hydrogen-bond acceptors (Lipinski definition) is 3. The largest absolute Gasteiger partial charge is 0.298 e. The topological polar surface area (TPSA) is 30.0 Å². The maximum atomic E-state index is 10.5. The van der Waals surface area contributed by atoms with E-state index in [1.807, 2.05) is 5.38 Å². The average Bonchev–Trinajstić information content (AvgIpc) is 2.70. The summed E-state index contributed by atoms with van der Waals surface area (Å²) in [5, 5.41) is 2.47. The second-order valence-corrected chi connectivity index (χ2v) is 3.86. The number of thiazole rings is 1. The summed E-state index contributed by atoms with van der Waals surface area (Å²) >= 11 is 7.52. The Hall–Kier alpha value is -1.19. The van der Waals surface area contributed by atoms with Crippen molar-refractivity contribution in [2.75, 3.05) is 0 Å². The molecule has 1 aromatic heterocycles. The van der Waals surface area contributed by atoms with E-state index in [0.717, 1.165) is 17.5 Å². The zero-order valence-corrected chi connectivity index (χ0v) is 8.68. The van der Waals surface area contributed by atoms with Gasteiger partial charge >= 0.3 is 0 Å². The molecule has 0 unspecified atom stereocenters. The van der Waals surface area contributed by atoms with Gasteiger partial charge in [0.15, 0.2) is 0 Å². The van der Waals surface area contributed by atoms with Gasteiger partial charge in [0.05, 0.1) is 16.2 Å². The molecule has 0 amide bonds. The van der Waals surface area contributed by atoms with E-state index in [0.29, 0.717) is 10.6 Å². The van der Waals surface area contributed by atoms with Crippen LogP contribution in [0.15, 0.2) is 29.1 Å². The van der Waals surface area contributed by atoms with Gasteiger partial charge in [0, 0.05) is 16.5 Å². The van der Waals surface area contributed by atoms with Crippen molar-refractivity contribution in [3.8, 4) is 11.3 Å². The van der Waals surface area contributed by atoms with Crippen LogP contribution in [0.2, 0.25) is 5.02 Å². The quantitative estimate of drug-likeness (QED) is 0.732. The number of aromatic nitrogens is 1. The van der Waals surface area contributed by atoms with Crippen LogP contribution >= 0.6 is 22.9 Å². The SMILES string of the molecule is O=Cc1ccc(-c2cscn2)c(Cl)c1. The van der Waals surface area contributed by atoms with Crippen LogP contribution < -0.4 is 0 Å². The molecule has 0 N–H and O–H groups in total. The number of halogens is 1. The first-order valence-corrected chi connectivity index (χ1v) is 5.26. The molecular formula is C10H6ClNOS. The molecule has 0 aliphatic heterocycles. The van der Waals surface area contributed by atoms with E-state index in [2.05, 4.69) is 4.98 Å². The first kappa shape index (κ1) is 9.37. The lowest BCUT2D eigenvalue weighted by atomic mass is 10.1. The van der Waals surface area contributed by atoms with Gasteiger partial charge in [0.2, 0.25) is 0 Å². The highest BCUT2D eigenvalue weighted by atomic mass is 35.5. The zero-order valence-electron chi connectivity index (χ0n) is 7.11. The van der Waals surface area contributed by atoms with Crippen molar-refractivity contribution in [1.82, 2.24) is 4.98 Å². The Morgan fingerprint density at radius 3 is 2.86 bits per heavy atom. The Kier molecular flexibility index (Phi) is 2.61. The summed E-state index contributed by atoms with van der Waals surface area (Å²) in [4.78, 5) is 14.6. The lowest BCUT2D eigenvalue weighted by Crippen LogP contribution is -1.83. The van der Waals surface area contributed by atoms with Crippen LogP contribution in [0, 0.1) is 0 Å². The van der Waals surface area contributed by atoms with Crippen molar-refractivity contribution in [1.29, 1.82) is 0 Å². The number of nitrogens with zero attached hydrogens (tertiary/aromatic N) is 1. The summed E-state index contributed by atoms with van der Waals surface area (Å²) in [7, 11) is 0. The van der Waals surface area contributed by atoms with Gasteiger partial charge < -0.3 is 0 Å². The van der Waals surface area contributed by atoms with Gasteiger partial charge in [-0.15, -0.1) is 11.3 Å². The third-order valence-corrected chi connectivity index (χ3v) is 2.74. The highest BCUT2D eigenvalue weighted by Crippen LogP contribution is 2.27. The molecule has 70 valence electrons. The third kappa shape index (κ3) is 1.69. The molecule has 0 spiro atoms. The number of carbonyl (C=O) groups is 1. The Morgan fingerprint density at radius 1 is 1.43 bits per heavy atom. The number of carbonyl (C=O) groups excluding carboxylic acids is 1. The fourth-order valence-electron chi connectivity index (χ4n) is 1.16. The van der Waals surface area contributed by atoms with Crippen LogP contribution in [0.1, 0.15) is 10.4 Å². The lowest BCUT2D eigenvalue weighted by Gasteiger charge is -2.00. The molecule has 4 heteroatoms. The number of aldehydes is 1. The minimum atomic E-state index is 0.556. The van der Waals surface area contributed by atoms with Crippen LogP contribution in [0.5, 0.6) is 0 Å². The van der Waals surface area contributed by atoms with Crippen LogP contribution in [-0.2, 0) is 0 Å². The molecule has 2 aromatic rings. The highest BCUT2D eigenvalue weighted by molar-refractivity contribution is 7.07. The molecule has 0 fully saturated rings. The summed E-state index contributed by atoms with van der Waals surface area (Å²) in [5.41, 5.74) is 4.03. The molecule has 0 bridgehead atoms.